The fourth-order valence-electron chi connectivity index (χ4n) is 3.38. The van der Waals surface area contributed by atoms with Crippen LogP contribution in [-0.4, -0.2) is 42.0 Å². The minimum Gasteiger partial charge on any atom is -0.348 e. The number of fused-ring (bicyclic) bond motifs is 1. The maximum atomic E-state index is 12.8. The van der Waals surface area contributed by atoms with Crippen molar-refractivity contribution in [2.24, 2.45) is 0 Å². The van der Waals surface area contributed by atoms with Gasteiger partial charge in [0.2, 0.25) is 0 Å². The quantitative estimate of drug-likeness (QED) is 0.779. The van der Waals surface area contributed by atoms with E-state index in [1.807, 2.05) is 31.2 Å². The number of carbonyl (C=O) groups excluding carboxylic acids is 1. The van der Waals surface area contributed by atoms with Crippen LogP contribution in [0.4, 0.5) is 0 Å². The Balaban J connectivity index is 1.65. The Hall–Kier alpha value is -1.93. The summed E-state index contributed by atoms with van der Waals surface area (Å²) in [5, 5.41) is 8.40. The van der Waals surface area contributed by atoms with E-state index in [2.05, 4.69) is 10.4 Å². The Morgan fingerprint density at radius 3 is 2.58 bits per heavy atom. The predicted octanol–water partition coefficient (Wildman–Crippen LogP) is 2.46. The highest BCUT2D eigenvalue weighted by molar-refractivity contribution is 7.86. The van der Waals surface area contributed by atoms with Crippen molar-refractivity contribution < 1.29 is 17.4 Å². The number of rotatable bonds is 6. The number of benzene rings is 1. The van der Waals surface area contributed by atoms with Gasteiger partial charge in [0.15, 0.2) is 0 Å². The Bertz CT molecular complexity index is 883. The van der Waals surface area contributed by atoms with Gasteiger partial charge >= 0.3 is 0 Å². The molecule has 1 aromatic carbocycles. The van der Waals surface area contributed by atoms with Gasteiger partial charge in [-0.3, -0.25) is 13.7 Å². The molecule has 0 radical (unpaired) electrons. The highest BCUT2D eigenvalue weighted by Crippen LogP contribution is 2.24. The van der Waals surface area contributed by atoms with E-state index in [9.17, 15) is 13.2 Å². The van der Waals surface area contributed by atoms with E-state index in [1.165, 1.54) is 0 Å². The van der Waals surface area contributed by atoms with Crippen LogP contribution >= 0.6 is 0 Å². The van der Waals surface area contributed by atoms with Gasteiger partial charge in [-0.2, -0.15) is 13.5 Å². The molecule has 1 aliphatic rings. The maximum Gasteiger partial charge on any atom is 0.270 e. The van der Waals surface area contributed by atoms with Gasteiger partial charge in [0.05, 0.1) is 17.4 Å². The zero-order chi connectivity index (χ0) is 18.7. The first-order chi connectivity index (χ1) is 12.4. The summed E-state index contributed by atoms with van der Waals surface area (Å²) >= 11 is 0. The first-order valence-corrected chi connectivity index (χ1v) is 10.7. The number of carbonyl (C=O) groups is 1. The number of nitrogens with one attached hydrogen (secondary N) is 1. The summed E-state index contributed by atoms with van der Waals surface area (Å²) in [7, 11) is -3.43. The second kappa shape index (κ2) is 7.75. The molecule has 0 bridgehead atoms. The van der Waals surface area contributed by atoms with Gasteiger partial charge in [-0.15, -0.1) is 0 Å². The summed E-state index contributed by atoms with van der Waals surface area (Å²) < 4.78 is 30.1. The van der Waals surface area contributed by atoms with E-state index in [0.29, 0.717) is 37.9 Å². The van der Waals surface area contributed by atoms with Crippen LogP contribution in [0.25, 0.3) is 10.9 Å². The minimum absolute atomic E-state index is 0.0161. The Labute approximate surface area is 153 Å². The van der Waals surface area contributed by atoms with Crippen molar-refractivity contribution in [1.29, 1.82) is 0 Å². The van der Waals surface area contributed by atoms with Gasteiger partial charge in [-0.1, -0.05) is 18.2 Å². The number of amides is 1. The summed E-state index contributed by atoms with van der Waals surface area (Å²) in [6, 6.07) is 7.63. The monoisotopic (exact) mass is 379 g/mol. The van der Waals surface area contributed by atoms with Crippen LogP contribution in [-0.2, 0) is 20.8 Å². The summed E-state index contributed by atoms with van der Waals surface area (Å²) in [6.45, 7) is 4.15. The van der Waals surface area contributed by atoms with Crippen LogP contribution in [0.1, 0.15) is 50.0 Å². The number of aryl methyl sites for hydroxylation is 1. The van der Waals surface area contributed by atoms with Crippen LogP contribution in [0.15, 0.2) is 24.3 Å². The zero-order valence-electron chi connectivity index (χ0n) is 15.1. The Kier molecular flexibility index (Phi) is 5.62. The Morgan fingerprint density at radius 1 is 1.23 bits per heavy atom. The summed E-state index contributed by atoms with van der Waals surface area (Å²) in [5.74, 6) is -0.149. The average molecular weight is 379 g/mol. The third kappa shape index (κ3) is 4.07. The SMILES string of the molecule is CCn1nc2ccccc2c1C(=O)NC1CCC(OS(=O)(=O)CC)CC1. The van der Waals surface area contributed by atoms with Crippen LogP contribution in [0.2, 0.25) is 0 Å². The molecule has 1 amide bonds. The zero-order valence-corrected chi connectivity index (χ0v) is 16.0. The first kappa shape index (κ1) is 18.8. The second-order valence-electron chi connectivity index (χ2n) is 6.57. The van der Waals surface area contributed by atoms with Crippen molar-refractivity contribution in [2.75, 3.05) is 5.75 Å². The van der Waals surface area contributed by atoms with Crippen molar-refractivity contribution >= 4 is 26.9 Å². The molecule has 0 spiro atoms. The molecular formula is C18H25N3O4S. The molecule has 7 nitrogen and oxygen atoms in total. The molecule has 26 heavy (non-hydrogen) atoms. The normalized spacial score (nSPS) is 21.0. The molecule has 1 aliphatic carbocycles. The van der Waals surface area contributed by atoms with E-state index in [-0.39, 0.29) is 23.8 Å². The van der Waals surface area contributed by atoms with Gasteiger partial charge in [0, 0.05) is 18.0 Å². The molecule has 142 valence electrons. The van der Waals surface area contributed by atoms with Crippen molar-refractivity contribution in [1.82, 2.24) is 15.1 Å². The van der Waals surface area contributed by atoms with Crippen molar-refractivity contribution in [3.63, 3.8) is 0 Å². The molecule has 1 aromatic heterocycles. The largest absolute Gasteiger partial charge is 0.348 e. The van der Waals surface area contributed by atoms with Crippen molar-refractivity contribution in [2.45, 2.75) is 58.2 Å². The molecule has 3 rings (SSSR count). The van der Waals surface area contributed by atoms with Gasteiger partial charge in [-0.25, -0.2) is 0 Å². The van der Waals surface area contributed by atoms with Gasteiger partial charge in [0.1, 0.15) is 5.69 Å². The number of nitrogens with zero attached hydrogens (tertiary/aromatic N) is 2. The van der Waals surface area contributed by atoms with Gasteiger partial charge in [-0.05, 0) is 45.6 Å². The maximum absolute atomic E-state index is 12.8. The molecule has 0 unspecified atom stereocenters. The molecule has 0 aliphatic heterocycles. The second-order valence-corrected chi connectivity index (χ2v) is 8.46. The lowest BCUT2D eigenvalue weighted by Gasteiger charge is -2.28. The highest BCUT2D eigenvalue weighted by atomic mass is 32.2. The molecule has 1 heterocycles. The Morgan fingerprint density at radius 2 is 1.92 bits per heavy atom. The van der Waals surface area contributed by atoms with Crippen LogP contribution < -0.4 is 5.32 Å². The minimum atomic E-state index is -3.43. The van der Waals surface area contributed by atoms with E-state index < -0.39 is 10.1 Å². The molecule has 0 saturated heterocycles. The van der Waals surface area contributed by atoms with E-state index >= 15 is 0 Å². The fourth-order valence-corrected chi connectivity index (χ4v) is 4.12. The average Bonchev–Trinajstić information content (AvgIpc) is 3.02. The molecule has 8 heteroatoms. The number of hydrogen-bond donors (Lipinski definition) is 1. The van der Waals surface area contributed by atoms with Crippen molar-refractivity contribution in [3.8, 4) is 0 Å². The topological polar surface area (TPSA) is 90.3 Å². The van der Waals surface area contributed by atoms with E-state index in [0.717, 1.165) is 10.9 Å². The lowest BCUT2D eigenvalue weighted by molar-refractivity contribution is 0.0888. The lowest BCUT2D eigenvalue weighted by Crippen LogP contribution is -2.40. The molecule has 1 saturated carbocycles. The van der Waals surface area contributed by atoms with Gasteiger partial charge in [0.25, 0.3) is 16.0 Å². The van der Waals surface area contributed by atoms with E-state index in [1.54, 1.807) is 11.6 Å². The third-order valence-corrected chi connectivity index (χ3v) is 6.08. The lowest BCUT2D eigenvalue weighted by atomic mass is 9.93. The molecule has 1 N–H and O–H groups in total. The first-order valence-electron chi connectivity index (χ1n) is 9.11. The summed E-state index contributed by atoms with van der Waals surface area (Å²) in [5.41, 5.74) is 1.39. The smallest absolute Gasteiger partial charge is 0.270 e. The predicted molar refractivity (Wildman–Crippen MR) is 99.5 cm³/mol. The van der Waals surface area contributed by atoms with Crippen LogP contribution in [0, 0.1) is 0 Å². The summed E-state index contributed by atoms with van der Waals surface area (Å²) in [4.78, 5) is 12.8. The molecular weight excluding hydrogens is 354 g/mol. The van der Waals surface area contributed by atoms with Crippen molar-refractivity contribution in [3.05, 3.63) is 30.0 Å². The standard InChI is InChI=1S/C18H25N3O4S/c1-3-21-17(15-7-5-6-8-16(15)20-21)18(22)19-13-9-11-14(12-10-13)25-26(23,24)4-2/h5-8,13-14H,3-4,9-12H2,1-2H3,(H,19,22). The van der Waals surface area contributed by atoms with Crippen LogP contribution in [0.3, 0.4) is 0 Å². The summed E-state index contributed by atoms with van der Waals surface area (Å²) in [6.07, 6.45) is 2.37. The molecule has 0 atom stereocenters. The molecule has 1 fully saturated rings. The fraction of sp³-hybridized carbons (Fsp3) is 0.556. The van der Waals surface area contributed by atoms with Gasteiger partial charge < -0.3 is 5.32 Å². The number of aromatic nitrogens is 2. The third-order valence-electron chi connectivity index (χ3n) is 4.81. The number of hydrogen-bond acceptors (Lipinski definition) is 5. The molecule has 2 aromatic rings. The van der Waals surface area contributed by atoms with E-state index in [4.69, 9.17) is 4.18 Å². The van der Waals surface area contributed by atoms with Crippen LogP contribution in [0.5, 0.6) is 0 Å². The highest BCUT2D eigenvalue weighted by Gasteiger charge is 2.27.